The third-order valence-corrected chi connectivity index (χ3v) is 3.38. The number of aliphatic carboxylic acids is 1. The molecule has 1 unspecified atom stereocenters. The lowest BCUT2D eigenvalue weighted by Crippen LogP contribution is -2.40. The summed E-state index contributed by atoms with van der Waals surface area (Å²) in [6.07, 6.45) is 2.25. The van der Waals surface area contributed by atoms with Gasteiger partial charge in [0.15, 0.2) is 5.96 Å². The van der Waals surface area contributed by atoms with E-state index in [1.165, 1.54) is 0 Å². The van der Waals surface area contributed by atoms with E-state index in [1.807, 2.05) is 18.2 Å². The fourth-order valence-corrected chi connectivity index (χ4v) is 2.26. The quantitative estimate of drug-likeness (QED) is 0.285. The third-order valence-electron chi connectivity index (χ3n) is 3.38. The van der Waals surface area contributed by atoms with Crippen molar-refractivity contribution in [2.45, 2.75) is 18.9 Å². The highest BCUT2D eigenvalue weighted by Gasteiger charge is 2.21. The molecule has 8 nitrogen and oxygen atoms in total. The van der Waals surface area contributed by atoms with Gasteiger partial charge in [0.1, 0.15) is 6.04 Å². The molecular formula is C15H19N5O3. The second kappa shape index (κ2) is 7.30. The van der Waals surface area contributed by atoms with Crippen molar-refractivity contribution in [1.82, 2.24) is 10.3 Å². The summed E-state index contributed by atoms with van der Waals surface area (Å²) in [4.78, 5) is 30.4. The first kappa shape index (κ1) is 16.3. The normalized spacial score (nSPS) is 11.8. The molecule has 0 spiro atoms. The lowest BCUT2D eigenvalue weighted by Gasteiger charge is -2.13. The first-order valence-corrected chi connectivity index (χ1v) is 7.14. The average molecular weight is 317 g/mol. The molecule has 1 aromatic heterocycles. The van der Waals surface area contributed by atoms with Crippen LogP contribution in [-0.2, 0) is 4.79 Å². The summed E-state index contributed by atoms with van der Waals surface area (Å²) >= 11 is 0. The van der Waals surface area contributed by atoms with E-state index in [4.69, 9.17) is 11.5 Å². The Morgan fingerprint density at radius 3 is 2.74 bits per heavy atom. The van der Waals surface area contributed by atoms with E-state index >= 15 is 0 Å². The largest absolute Gasteiger partial charge is 0.480 e. The van der Waals surface area contributed by atoms with Gasteiger partial charge in [0.25, 0.3) is 5.91 Å². The highest BCUT2D eigenvalue weighted by atomic mass is 16.4. The lowest BCUT2D eigenvalue weighted by molar-refractivity contribution is -0.139. The number of aromatic nitrogens is 1. The zero-order valence-electron chi connectivity index (χ0n) is 12.5. The molecule has 8 heteroatoms. The molecule has 0 saturated heterocycles. The molecule has 0 aliphatic heterocycles. The minimum Gasteiger partial charge on any atom is -0.480 e. The Balaban J connectivity index is 2.03. The number of amides is 1. The van der Waals surface area contributed by atoms with E-state index in [9.17, 15) is 14.7 Å². The number of carboxylic acid groups (broad SMARTS) is 1. The van der Waals surface area contributed by atoms with E-state index in [1.54, 1.807) is 12.3 Å². The van der Waals surface area contributed by atoms with Crippen molar-refractivity contribution in [3.05, 3.63) is 36.0 Å². The van der Waals surface area contributed by atoms with E-state index in [0.717, 1.165) is 10.9 Å². The number of aliphatic imine (C=N–C) groups is 1. The van der Waals surface area contributed by atoms with E-state index in [2.05, 4.69) is 15.3 Å². The summed E-state index contributed by atoms with van der Waals surface area (Å²) in [7, 11) is 0. The van der Waals surface area contributed by atoms with Crippen LogP contribution >= 0.6 is 0 Å². The molecule has 7 N–H and O–H groups in total. The highest BCUT2D eigenvalue weighted by molar-refractivity contribution is 6.07. The van der Waals surface area contributed by atoms with Crippen LogP contribution in [0.3, 0.4) is 0 Å². The number of hydrogen-bond acceptors (Lipinski definition) is 3. The number of nitrogens with zero attached hydrogens (tertiary/aromatic N) is 1. The summed E-state index contributed by atoms with van der Waals surface area (Å²) < 4.78 is 0. The van der Waals surface area contributed by atoms with E-state index in [-0.39, 0.29) is 12.4 Å². The molecule has 1 amide bonds. The number of para-hydroxylation sites is 1. The van der Waals surface area contributed by atoms with E-state index in [0.29, 0.717) is 18.5 Å². The first-order valence-electron chi connectivity index (χ1n) is 7.14. The molecule has 0 aliphatic rings. The molecule has 0 saturated carbocycles. The lowest BCUT2D eigenvalue weighted by atomic mass is 10.1. The van der Waals surface area contributed by atoms with Gasteiger partial charge in [-0.05, 0) is 18.9 Å². The van der Waals surface area contributed by atoms with Crippen molar-refractivity contribution in [3.8, 4) is 0 Å². The van der Waals surface area contributed by atoms with Crippen molar-refractivity contribution in [3.63, 3.8) is 0 Å². The van der Waals surface area contributed by atoms with Crippen LogP contribution in [0.2, 0.25) is 0 Å². The standard InChI is InChI=1S/C15H19N5O3/c16-15(17)18-7-3-6-12(14(22)23)20-13(21)10-8-19-11-5-2-1-4-9(10)11/h1-2,4-5,8,12,19H,3,6-7H2,(H,20,21)(H,22,23)(H4,16,17,18). The number of hydrogen-bond donors (Lipinski definition) is 5. The topological polar surface area (TPSA) is 147 Å². The number of aromatic amines is 1. The summed E-state index contributed by atoms with van der Waals surface area (Å²) in [5.41, 5.74) is 11.6. The Kier molecular flexibility index (Phi) is 5.19. The molecular weight excluding hydrogens is 298 g/mol. The van der Waals surface area contributed by atoms with Crippen LogP contribution in [0, 0.1) is 0 Å². The van der Waals surface area contributed by atoms with Crippen LogP contribution in [0.5, 0.6) is 0 Å². The van der Waals surface area contributed by atoms with Gasteiger partial charge in [-0.2, -0.15) is 0 Å². The number of guanidine groups is 1. The Bertz CT molecular complexity index is 734. The van der Waals surface area contributed by atoms with Crippen molar-refractivity contribution >= 4 is 28.7 Å². The highest BCUT2D eigenvalue weighted by Crippen LogP contribution is 2.17. The molecule has 122 valence electrons. The fourth-order valence-electron chi connectivity index (χ4n) is 2.26. The fraction of sp³-hybridized carbons (Fsp3) is 0.267. The number of nitrogens with one attached hydrogen (secondary N) is 2. The first-order chi connectivity index (χ1) is 11.0. The zero-order chi connectivity index (χ0) is 16.8. The van der Waals surface area contributed by atoms with Crippen molar-refractivity contribution < 1.29 is 14.7 Å². The molecule has 23 heavy (non-hydrogen) atoms. The second-order valence-corrected chi connectivity index (χ2v) is 5.06. The third kappa shape index (κ3) is 4.22. The number of nitrogens with two attached hydrogens (primary N) is 2. The van der Waals surface area contributed by atoms with Gasteiger partial charge in [-0.25, -0.2) is 4.79 Å². The molecule has 1 aromatic carbocycles. The smallest absolute Gasteiger partial charge is 0.326 e. The summed E-state index contributed by atoms with van der Waals surface area (Å²) in [5, 5.41) is 12.5. The summed E-state index contributed by atoms with van der Waals surface area (Å²) in [6.45, 7) is 0.315. The predicted octanol–water partition coefficient (Wildman–Crippen LogP) is 0.405. The number of H-pyrrole nitrogens is 1. The van der Waals surface area contributed by atoms with Crippen LogP contribution in [0.4, 0.5) is 0 Å². The van der Waals surface area contributed by atoms with Crippen molar-refractivity contribution in [2.24, 2.45) is 16.5 Å². The minimum absolute atomic E-state index is 0.0419. The number of fused-ring (bicyclic) bond motifs is 1. The second-order valence-electron chi connectivity index (χ2n) is 5.06. The Hall–Kier alpha value is -3.03. The van der Waals surface area contributed by atoms with Crippen LogP contribution in [-0.4, -0.2) is 40.5 Å². The number of carbonyl (C=O) groups is 2. The Labute approximate surface area is 132 Å². The van der Waals surface area contributed by atoms with Crippen LogP contribution in [0.1, 0.15) is 23.2 Å². The Morgan fingerprint density at radius 2 is 2.04 bits per heavy atom. The van der Waals surface area contributed by atoms with Gasteiger partial charge in [-0.3, -0.25) is 9.79 Å². The SMILES string of the molecule is NC(N)=NCCCC(NC(=O)c1c[nH]c2ccccc12)C(=O)O. The average Bonchev–Trinajstić information content (AvgIpc) is 2.93. The van der Waals surface area contributed by atoms with Crippen molar-refractivity contribution in [2.75, 3.05) is 6.54 Å². The minimum atomic E-state index is -1.09. The summed E-state index contributed by atoms with van der Waals surface area (Å²) in [5.74, 6) is -1.57. The maximum absolute atomic E-state index is 12.3. The van der Waals surface area contributed by atoms with E-state index < -0.39 is 17.9 Å². The number of carbonyl (C=O) groups excluding carboxylic acids is 1. The molecule has 1 heterocycles. The Morgan fingerprint density at radius 1 is 1.30 bits per heavy atom. The zero-order valence-corrected chi connectivity index (χ0v) is 12.5. The number of rotatable bonds is 7. The van der Waals surface area contributed by atoms with Gasteiger partial charge in [0, 0.05) is 23.6 Å². The summed E-state index contributed by atoms with van der Waals surface area (Å²) in [6, 6.07) is 6.32. The van der Waals surface area contributed by atoms with Gasteiger partial charge < -0.3 is 26.9 Å². The van der Waals surface area contributed by atoms with Crippen LogP contribution in [0.15, 0.2) is 35.5 Å². The number of carboxylic acids is 1. The van der Waals surface area contributed by atoms with Gasteiger partial charge in [0.05, 0.1) is 5.56 Å². The molecule has 0 bridgehead atoms. The molecule has 2 aromatic rings. The van der Waals surface area contributed by atoms with Crippen LogP contribution in [0.25, 0.3) is 10.9 Å². The van der Waals surface area contributed by atoms with Gasteiger partial charge in [-0.1, -0.05) is 18.2 Å². The molecule has 1 atom stereocenters. The maximum atomic E-state index is 12.3. The molecule has 0 fully saturated rings. The van der Waals surface area contributed by atoms with Gasteiger partial charge >= 0.3 is 5.97 Å². The van der Waals surface area contributed by atoms with Gasteiger partial charge in [-0.15, -0.1) is 0 Å². The maximum Gasteiger partial charge on any atom is 0.326 e. The van der Waals surface area contributed by atoms with Gasteiger partial charge in [0.2, 0.25) is 0 Å². The van der Waals surface area contributed by atoms with Crippen LogP contribution < -0.4 is 16.8 Å². The molecule has 2 rings (SSSR count). The predicted molar refractivity (Wildman–Crippen MR) is 87.1 cm³/mol. The monoisotopic (exact) mass is 317 g/mol. The van der Waals surface area contributed by atoms with Crippen molar-refractivity contribution in [1.29, 1.82) is 0 Å². The molecule has 0 aliphatic carbocycles. The number of benzene rings is 1. The molecule has 0 radical (unpaired) electrons.